The van der Waals surface area contributed by atoms with Crippen molar-refractivity contribution in [1.82, 2.24) is 0 Å². The van der Waals surface area contributed by atoms with E-state index in [1.807, 2.05) is 24.3 Å². The molecule has 0 saturated carbocycles. The van der Waals surface area contributed by atoms with Crippen molar-refractivity contribution in [3.8, 4) is 5.75 Å². The molecule has 0 saturated heterocycles. The van der Waals surface area contributed by atoms with Crippen molar-refractivity contribution in [2.24, 2.45) is 0 Å². The van der Waals surface area contributed by atoms with Crippen LogP contribution < -0.4 is 4.74 Å². The van der Waals surface area contributed by atoms with Crippen LogP contribution in [0.5, 0.6) is 5.75 Å². The van der Waals surface area contributed by atoms with E-state index in [1.54, 1.807) is 21.3 Å². The van der Waals surface area contributed by atoms with E-state index >= 15 is 0 Å². The predicted molar refractivity (Wildman–Crippen MR) is 64.6 cm³/mol. The Kier molecular flexibility index (Phi) is 4.95. The van der Waals surface area contributed by atoms with Crippen molar-refractivity contribution in [1.29, 1.82) is 0 Å². The Bertz CT molecular complexity index is 308. The zero-order valence-electron chi connectivity index (χ0n) is 10.1. The number of rotatable bonds is 6. The fourth-order valence-electron chi connectivity index (χ4n) is 1.30. The lowest BCUT2D eigenvalue weighted by Gasteiger charge is -2.27. The quantitative estimate of drug-likeness (QED) is 0.536. The van der Waals surface area contributed by atoms with Gasteiger partial charge >= 0.3 is 0 Å². The number of ether oxygens (including phenoxy) is 4. The molecule has 0 bridgehead atoms. The first kappa shape index (κ1) is 13.2. The van der Waals surface area contributed by atoms with Crippen LogP contribution in [0.4, 0.5) is 0 Å². The molecule has 0 N–H and O–H groups in total. The highest BCUT2D eigenvalue weighted by atomic mass is 28.1. The Morgan fingerprint density at radius 3 is 2.06 bits per heavy atom. The van der Waals surface area contributed by atoms with E-state index in [0.29, 0.717) is 0 Å². The molecular formula is C11H18O4Si. The third-order valence-corrected chi connectivity index (χ3v) is 3.90. The summed E-state index contributed by atoms with van der Waals surface area (Å²) in [7, 11) is 5.63. The number of hydrogen-bond acceptors (Lipinski definition) is 4. The monoisotopic (exact) mass is 242 g/mol. The topological polar surface area (TPSA) is 36.9 Å². The van der Waals surface area contributed by atoms with Gasteiger partial charge in [-0.25, -0.2) is 0 Å². The fraction of sp³-hybridized carbons (Fsp3) is 0.455. The van der Waals surface area contributed by atoms with E-state index in [2.05, 4.69) is 0 Å². The molecule has 0 spiro atoms. The van der Waals surface area contributed by atoms with Crippen molar-refractivity contribution in [2.45, 2.75) is 5.41 Å². The third kappa shape index (κ3) is 3.05. The maximum Gasteiger partial charge on any atom is 0.188 e. The Balaban J connectivity index is 2.77. The summed E-state index contributed by atoms with van der Waals surface area (Å²) in [6, 6.07) is 7.62. The molecule has 0 aromatic heterocycles. The van der Waals surface area contributed by atoms with Crippen LogP contribution in [-0.2, 0) is 19.6 Å². The number of methoxy groups -OCH3 is 3. The van der Waals surface area contributed by atoms with Gasteiger partial charge in [-0.3, -0.25) is 0 Å². The Hall–Kier alpha value is -0.883. The van der Waals surface area contributed by atoms with Crippen LogP contribution >= 0.6 is 0 Å². The molecule has 0 aliphatic rings. The summed E-state index contributed by atoms with van der Waals surface area (Å²) in [4.78, 5) is 0. The lowest BCUT2D eigenvalue weighted by atomic mass is 10.2. The van der Waals surface area contributed by atoms with Gasteiger partial charge in [0.25, 0.3) is 0 Å². The van der Waals surface area contributed by atoms with Crippen molar-refractivity contribution < 1.29 is 18.9 Å². The van der Waals surface area contributed by atoms with Crippen LogP contribution in [0.25, 0.3) is 0 Å². The van der Waals surface area contributed by atoms with Crippen molar-refractivity contribution in [3.05, 3.63) is 29.8 Å². The highest BCUT2D eigenvalue weighted by Gasteiger charge is 2.24. The second-order valence-corrected chi connectivity index (χ2v) is 4.75. The van der Waals surface area contributed by atoms with E-state index < -0.39 is 5.41 Å². The number of hydrogen-bond donors (Lipinski definition) is 0. The maximum atomic E-state index is 5.37. The van der Waals surface area contributed by atoms with E-state index in [4.69, 9.17) is 18.9 Å². The molecule has 1 aromatic carbocycles. The lowest BCUT2D eigenvalue weighted by Crippen LogP contribution is -2.30. The highest BCUT2D eigenvalue weighted by Crippen LogP contribution is 2.24. The second-order valence-electron chi connectivity index (χ2n) is 3.43. The third-order valence-electron chi connectivity index (χ3n) is 2.50. The van der Waals surface area contributed by atoms with Crippen LogP contribution in [0, 0.1) is 0 Å². The summed E-state index contributed by atoms with van der Waals surface area (Å²) in [5.74, 6) is 0.766. The summed E-state index contributed by atoms with van der Waals surface area (Å²) in [5.41, 5.74) is 0.411. The number of benzene rings is 1. The van der Waals surface area contributed by atoms with Crippen molar-refractivity contribution in [3.63, 3.8) is 0 Å². The average Bonchev–Trinajstić information content (AvgIpc) is 2.36. The van der Waals surface area contributed by atoms with Crippen LogP contribution in [0.1, 0.15) is 5.56 Å². The van der Waals surface area contributed by atoms with E-state index in [0.717, 1.165) is 21.6 Å². The van der Waals surface area contributed by atoms with Gasteiger partial charge in [-0.05, 0) is 12.1 Å². The van der Waals surface area contributed by atoms with E-state index in [-0.39, 0.29) is 6.79 Å². The molecule has 90 valence electrons. The molecule has 0 unspecified atom stereocenters. The van der Waals surface area contributed by atoms with Crippen molar-refractivity contribution in [2.75, 3.05) is 28.1 Å². The van der Waals surface area contributed by atoms with E-state index in [1.165, 1.54) is 0 Å². The first-order chi connectivity index (χ1) is 7.66. The molecule has 0 atom stereocenters. The molecule has 1 aromatic rings. The first-order valence-electron chi connectivity index (χ1n) is 4.99. The molecule has 1 rings (SSSR count). The summed E-state index contributed by atoms with van der Waals surface area (Å²) in [6.07, 6.45) is 0. The zero-order valence-corrected chi connectivity index (χ0v) is 12.1. The summed E-state index contributed by atoms with van der Waals surface area (Å²) < 4.78 is 20.9. The average molecular weight is 242 g/mol. The van der Waals surface area contributed by atoms with Gasteiger partial charge in [0.05, 0.1) is 10.2 Å². The normalized spacial score (nSPS) is 11.7. The lowest BCUT2D eigenvalue weighted by molar-refractivity contribution is -0.148. The SMILES string of the molecule is COCOc1ccc(C([SiH3])(OC)OC)cc1. The minimum Gasteiger partial charge on any atom is -0.468 e. The fourth-order valence-corrected chi connectivity index (χ4v) is 1.63. The molecule has 0 aliphatic heterocycles. The van der Waals surface area contributed by atoms with Gasteiger partial charge in [-0.15, -0.1) is 0 Å². The molecular weight excluding hydrogens is 224 g/mol. The Labute approximate surface area is 98.9 Å². The smallest absolute Gasteiger partial charge is 0.188 e. The zero-order chi connectivity index (χ0) is 12.0. The summed E-state index contributed by atoms with van der Waals surface area (Å²) in [5, 5.41) is 0. The van der Waals surface area contributed by atoms with Crippen LogP contribution in [0.2, 0.25) is 0 Å². The molecule has 16 heavy (non-hydrogen) atoms. The van der Waals surface area contributed by atoms with Gasteiger partial charge in [0, 0.05) is 26.9 Å². The molecule has 0 heterocycles. The van der Waals surface area contributed by atoms with Gasteiger partial charge in [-0.1, -0.05) is 12.1 Å². The molecule has 0 aliphatic carbocycles. The summed E-state index contributed by atoms with van der Waals surface area (Å²) >= 11 is 0. The van der Waals surface area contributed by atoms with Crippen LogP contribution in [0.3, 0.4) is 0 Å². The highest BCUT2D eigenvalue weighted by molar-refractivity contribution is 6.13. The molecule has 0 amide bonds. The Morgan fingerprint density at radius 2 is 1.62 bits per heavy atom. The van der Waals surface area contributed by atoms with Gasteiger partial charge < -0.3 is 18.9 Å². The van der Waals surface area contributed by atoms with E-state index in [9.17, 15) is 0 Å². The standard InChI is InChI=1S/C11H18O4Si/c1-12-8-15-10-6-4-9(5-7-10)11(16,13-2)14-3/h4-7H,8H2,1-3,16H3. The minimum absolute atomic E-state index is 0.250. The van der Waals surface area contributed by atoms with Crippen LogP contribution in [-0.4, -0.2) is 38.4 Å². The molecule has 4 nitrogen and oxygen atoms in total. The Morgan fingerprint density at radius 1 is 1.06 bits per heavy atom. The second kappa shape index (κ2) is 6.00. The predicted octanol–water partition coefficient (Wildman–Crippen LogP) is 0.438. The largest absolute Gasteiger partial charge is 0.468 e. The van der Waals surface area contributed by atoms with Gasteiger partial charge in [0.15, 0.2) is 12.2 Å². The first-order valence-corrected chi connectivity index (χ1v) is 5.99. The van der Waals surface area contributed by atoms with Gasteiger partial charge in [0.1, 0.15) is 5.75 Å². The summed E-state index contributed by atoms with van der Waals surface area (Å²) in [6.45, 7) is 0.250. The molecule has 0 radical (unpaired) electrons. The van der Waals surface area contributed by atoms with Crippen molar-refractivity contribution >= 4 is 10.2 Å². The molecule has 0 fully saturated rings. The van der Waals surface area contributed by atoms with Crippen LogP contribution in [0.15, 0.2) is 24.3 Å². The van der Waals surface area contributed by atoms with Gasteiger partial charge in [-0.2, -0.15) is 0 Å². The maximum absolute atomic E-state index is 5.37. The molecule has 5 heteroatoms. The van der Waals surface area contributed by atoms with Gasteiger partial charge in [0.2, 0.25) is 0 Å². The minimum atomic E-state index is -0.584.